The average molecular weight is 306 g/mol. The molecule has 0 spiro atoms. The molecule has 0 aliphatic carbocycles. The lowest BCUT2D eigenvalue weighted by atomic mass is 9.86. The lowest BCUT2D eigenvalue weighted by Gasteiger charge is -2.24. The maximum atomic E-state index is 5.00. The molecule has 0 aliphatic rings. The van der Waals surface area contributed by atoms with Gasteiger partial charge in [-0.15, -0.1) is 0 Å². The summed E-state index contributed by atoms with van der Waals surface area (Å²) in [4.78, 5) is 5.00. The van der Waals surface area contributed by atoms with E-state index in [-0.39, 0.29) is 10.8 Å². The van der Waals surface area contributed by atoms with Gasteiger partial charge in [-0.1, -0.05) is 71.9 Å². The molecule has 120 valence electrons. The topological polar surface area (TPSA) is 17.8 Å². The molecule has 1 heterocycles. The number of benzene rings is 2. The largest absolute Gasteiger partial charge is 0.296 e. The second-order valence-electron chi connectivity index (χ2n) is 8.28. The van der Waals surface area contributed by atoms with Gasteiger partial charge in [0.25, 0.3) is 0 Å². The van der Waals surface area contributed by atoms with E-state index in [4.69, 9.17) is 4.98 Å². The van der Waals surface area contributed by atoms with Crippen LogP contribution in [0.1, 0.15) is 52.9 Å². The smallest absolute Gasteiger partial charge is 0.119 e. The van der Waals surface area contributed by atoms with E-state index >= 15 is 0 Å². The Hall–Kier alpha value is -2.09. The number of fused-ring (bicyclic) bond motifs is 1. The lowest BCUT2D eigenvalue weighted by molar-refractivity contribution is 0.537. The SMILES string of the molecule is CC(C)(C)c1cccc2nc(C(C)(C)C)n(-c3ccccc3)c12. The number of nitrogens with zero attached hydrogens (tertiary/aromatic N) is 2. The summed E-state index contributed by atoms with van der Waals surface area (Å²) in [5.41, 5.74) is 4.87. The molecule has 0 radical (unpaired) electrons. The zero-order valence-electron chi connectivity index (χ0n) is 15.0. The van der Waals surface area contributed by atoms with Gasteiger partial charge in [-0.25, -0.2) is 4.98 Å². The fourth-order valence-corrected chi connectivity index (χ4v) is 3.06. The summed E-state index contributed by atoms with van der Waals surface area (Å²) < 4.78 is 2.34. The minimum atomic E-state index is -0.0238. The molecule has 0 amide bonds. The predicted molar refractivity (Wildman–Crippen MR) is 98.5 cm³/mol. The summed E-state index contributed by atoms with van der Waals surface area (Å²) in [6.45, 7) is 13.5. The molecule has 2 nitrogen and oxygen atoms in total. The summed E-state index contributed by atoms with van der Waals surface area (Å²) in [5, 5.41) is 0. The van der Waals surface area contributed by atoms with Crippen molar-refractivity contribution in [3.63, 3.8) is 0 Å². The summed E-state index contributed by atoms with van der Waals surface area (Å²) >= 11 is 0. The van der Waals surface area contributed by atoms with E-state index in [2.05, 4.69) is 94.6 Å². The van der Waals surface area contributed by atoms with Gasteiger partial charge in [0, 0.05) is 11.1 Å². The molecule has 0 N–H and O–H groups in total. The van der Waals surface area contributed by atoms with E-state index in [9.17, 15) is 0 Å². The van der Waals surface area contributed by atoms with Crippen LogP contribution >= 0.6 is 0 Å². The fraction of sp³-hybridized carbons (Fsp3) is 0.381. The Morgan fingerprint density at radius 1 is 0.739 bits per heavy atom. The Bertz CT molecular complexity index is 828. The quantitative estimate of drug-likeness (QED) is 0.570. The highest BCUT2D eigenvalue weighted by Crippen LogP contribution is 2.35. The van der Waals surface area contributed by atoms with Crippen molar-refractivity contribution in [3.8, 4) is 5.69 Å². The first kappa shape index (κ1) is 15.8. The second-order valence-corrected chi connectivity index (χ2v) is 8.28. The monoisotopic (exact) mass is 306 g/mol. The van der Waals surface area contributed by atoms with Crippen LogP contribution in [0.2, 0.25) is 0 Å². The van der Waals surface area contributed by atoms with Gasteiger partial charge in [0.05, 0.1) is 11.0 Å². The molecule has 0 aliphatic heterocycles. The highest BCUT2D eigenvalue weighted by Gasteiger charge is 2.27. The van der Waals surface area contributed by atoms with E-state index in [1.807, 2.05) is 0 Å². The van der Waals surface area contributed by atoms with Crippen molar-refractivity contribution >= 4 is 11.0 Å². The van der Waals surface area contributed by atoms with Gasteiger partial charge in [0.1, 0.15) is 5.82 Å². The summed E-state index contributed by atoms with van der Waals surface area (Å²) in [6, 6.07) is 17.0. The molecule has 2 heteroatoms. The molecule has 0 bridgehead atoms. The summed E-state index contributed by atoms with van der Waals surface area (Å²) in [6.07, 6.45) is 0. The number of rotatable bonds is 1. The summed E-state index contributed by atoms with van der Waals surface area (Å²) in [7, 11) is 0. The Balaban J connectivity index is 2.47. The number of hydrogen-bond donors (Lipinski definition) is 0. The Kier molecular flexibility index (Phi) is 3.59. The molecule has 0 fully saturated rings. The third-order valence-electron chi connectivity index (χ3n) is 4.17. The Morgan fingerprint density at radius 2 is 1.39 bits per heavy atom. The highest BCUT2D eigenvalue weighted by atomic mass is 15.1. The van der Waals surface area contributed by atoms with Crippen LogP contribution < -0.4 is 0 Å². The highest BCUT2D eigenvalue weighted by molar-refractivity contribution is 5.83. The second kappa shape index (κ2) is 5.23. The van der Waals surface area contributed by atoms with Crippen LogP contribution in [-0.4, -0.2) is 9.55 Å². The molecule has 1 aromatic heterocycles. The minimum Gasteiger partial charge on any atom is -0.296 e. The molecular weight excluding hydrogens is 280 g/mol. The average Bonchev–Trinajstić information content (AvgIpc) is 2.86. The fourth-order valence-electron chi connectivity index (χ4n) is 3.06. The van der Waals surface area contributed by atoms with Crippen LogP contribution in [0.4, 0.5) is 0 Å². The van der Waals surface area contributed by atoms with Gasteiger partial charge in [-0.2, -0.15) is 0 Å². The number of para-hydroxylation sites is 2. The Labute approximate surface area is 139 Å². The van der Waals surface area contributed by atoms with E-state index in [0.717, 1.165) is 11.3 Å². The van der Waals surface area contributed by atoms with E-state index in [0.29, 0.717) is 0 Å². The van der Waals surface area contributed by atoms with Crippen molar-refractivity contribution in [1.29, 1.82) is 0 Å². The molecule has 0 saturated carbocycles. The molecule has 3 rings (SSSR count). The third-order valence-corrected chi connectivity index (χ3v) is 4.17. The van der Waals surface area contributed by atoms with Gasteiger partial charge >= 0.3 is 0 Å². The van der Waals surface area contributed by atoms with Crippen LogP contribution in [0.15, 0.2) is 48.5 Å². The first-order chi connectivity index (χ1) is 10.7. The van der Waals surface area contributed by atoms with Crippen molar-refractivity contribution in [1.82, 2.24) is 9.55 Å². The maximum absolute atomic E-state index is 5.00. The van der Waals surface area contributed by atoms with E-state index in [1.165, 1.54) is 16.8 Å². The van der Waals surface area contributed by atoms with Crippen molar-refractivity contribution in [2.45, 2.75) is 52.4 Å². The molecule has 0 unspecified atom stereocenters. The Morgan fingerprint density at radius 3 is 1.96 bits per heavy atom. The number of aromatic nitrogens is 2. The van der Waals surface area contributed by atoms with Crippen molar-refractivity contribution < 1.29 is 0 Å². The molecule has 2 aromatic carbocycles. The molecule has 23 heavy (non-hydrogen) atoms. The van der Waals surface area contributed by atoms with Gasteiger partial charge in [0.15, 0.2) is 0 Å². The van der Waals surface area contributed by atoms with Crippen LogP contribution in [0.3, 0.4) is 0 Å². The van der Waals surface area contributed by atoms with Crippen molar-refractivity contribution in [2.75, 3.05) is 0 Å². The number of hydrogen-bond acceptors (Lipinski definition) is 1. The van der Waals surface area contributed by atoms with Crippen LogP contribution in [0.5, 0.6) is 0 Å². The van der Waals surface area contributed by atoms with Gasteiger partial charge in [0.2, 0.25) is 0 Å². The van der Waals surface area contributed by atoms with Gasteiger partial charge in [-0.3, -0.25) is 4.57 Å². The van der Waals surface area contributed by atoms with Crippen molar-refractivity contribution in [3.05, 3.63) is 59.9 Å². The number of imidazole rings is 1. The van der Waals surface area contributed by atoms with Gasteiger partial charge in [-0.05, 0) is 29.2 Å². The lowest BCUT2D eigenvalue weighted by Crippen LogP contribution is -2.19. The normalized spacial score (nSPS) is 12.8. The molecule has 0 atom stereocenters. The van der Waals surface area contributed by atoms with Crippen LogP contribution in [-0.2, 0) is 10.8 Å². The standard InChI is InChI=1S/C21H26N2/c1-20(2,3)16-13-10-14-17-18(16)23(15-11-8-7-9-12-15)19(22-17)21(4,5)6/h7-14H,1-6H3. The third kappa shape index (κ3) is 2.78. The van der Waals surface area contributed by atoms with Gasteiger partial charge < -0.3 is 0 Å². The molecule has 3 aromatic rings. The first-order valence-electron chi connectivity index (χ1n) is 8.27. The predicted octanol–water partition coefficient (Wildman–Crippen LogP) is 5.62. The molecule has 0 saturated heterocycles. The molecular formula is C21H26N2. The summed E-state index contributed by atoms with van der Waals surface area (Å²) in [5.74, 6) is 1.11. The minimum absolute atomic E-state index is 0.0238. The first-order valence-corrected chi connectivity index (χ1v) is 8.27. The van der Waals surface area contributed by atoms with Crippen LogP contribution in [0.25, 0.3) is 16.7 Å². The van der Waals surface area contributed by atoms with E-state index in [1.54, 1.807) is 0 Å². The van der Waals surface area contributed by atoms with E-state index < -0.39 is 0 Å². The maximum Gasteiger partial charge on any atom is 0.119 e. The van der Waals surface area contributed by atoms with Crippen molar-refractivity contribution in [2.24, 2.45) is 0 Å². The van der Waals surface area contributed by atoms with Crippen LogP contribution in [0, 0.1) is 0 Å². The zero-order valence-corrected chi connectivity index (χ0v) is 15.0. The zero-order chi connectivity index (χ0) is 16.8.